The molecule has 1 amide bonds. The van der Waals surface area contributed by atoms with Gasteiger partial charge in [-0.05, 0) is 61.5 Å². The predicted molar refractivity (Wildman–Crippen MR) is 133 cm³/mol. The molecular formula is C26H32N4O4. The molecule has 8 nitrogen and oxygen atoms in total. The molecule has 8 heteroatoms. The van der Waals surface area contributed by atoms with Crippen LogP contribution in [-0.2, 0) is 16.1 Å². The number of carbonyl (C=O) groups is 4. The van der Waals surface area contributed by atoms with E-state index in [2.05, 4.69) is 15.1 Å². The second kappa shape index (κ2) is 12.1. The van der Waals surface area contributed by atoms with Crippen LogP contribution in [0.4, 0.5) is 11.4 Å². The van der Waals surface area contributed by atoms with Gasteiger partial charge >= 0.3 is 0 Å². The summed E-state index contributed by atoms with van der Waals surface area (Å²) in [6.45, 7) is 3.75. The fraction of sp³-hybridized carbons (Fsp3) is 0.385. The van der Waals surface area contributed by atoms with Crippen molar-refractivity contribution in [2.45, 2.75) is 25.4 Å². The maximum absolute atomic E-state index is 12.3. The first-order valence-electron chi connectivity index (χ1n) is 11.5. The van der Waals surface area contributed by atoms with Gasteiger partial charge in [0.25, 0.3) is 0 Å². The monoisotopic (exact) mass is 464 g/mol. The number of amides is 1. The third kappa shape index (κ3) is 6.08. The molecule has 0 spiro atoms. The van der Waals surface area contributed by atoms with E-state index < -0.39 is 6.04 Å². The van der Waals surface area contributed by atoms with Gasteiger partial charge in [-0.3, -0.25) is 19.3 Å². The third-order valence-electron chi connectivity index (χ3n) is 6.35. The molecule has 1 saturated heterocycles. The van der Waals surface area contributed by atoms with Crippen molar-refractivity contribution in [3.05, 3.63) is 59.2 Å². The van der Waals surface area contributed by atoms with Crippen molar-refractivity contribution in [3.8, 4) is 0 Å². The molecule has 1 heterocycles. The Morgan fingerprint density at radius 1 is 0.971 bits per heavy atom. The average Bonchev–Trinajstić information content (AvgIpc) is 2.88. The van der Waals surface area contributed by atoms with Crippen molar-refractivity contribution in [2.75, 3.05) is 50.1 Å². The Morgan fingerprint density at radius 3 is 2.15 bits per heavy atom. The lowest BCUT2D eigenvalue weighted by atomic mass is 10.0. The summed E-state index contributed by atoms with van der Waals surface area (Å²) in [7, 11) is 3.42. The van der Waals surface area contributed by atoms with Gasteiger partial charge in [-0.15, -0.1) is 0 Å². The van der Waals surface area contributed by atoms with Gasteiger partial charge in [0.15, 0.2) is 0 Å². The molecule has 1 N–H and O–H groups in total. The van der Waals surface area contributed by atoms with Crippen LogP contribution in [0.1, 0.15) is 39.1 Å². The van der Waals surface area contributed by atoms with E-state index in [-0.39, 0.29) is 5.91 Å². The number of anilines is 2. The molecule has 2 aromatic rings. The van der Waals surface area contributed by atoms with Gasteiger partial charge in [0, 0.05) is 68.7 Å². The molecule has 1 atom stereocenters. The minimum atomic E-state index is -0.451. The summed E-state index contributed by atoms with van der Waals surface area (Å²) in [5.41, 5.74) is 4.24. The highest BCUT2D eigenvalue weighted by molar-refractivity contribution is 5.82. The molecule has 2 aromatic carbocycles. The predicted octanol–water partition coefficient (Wildman–Crippen LogP) is 2.16. The summed E-state index contributed by atoms with van der Waals surface area (Å²) in [6.07, 6.45) is 3.22. The van der Waals surface area contributed by atoms with Gasteiger partial charge in [-0.25, -0.2) is 0 Å². The summed E-state index contributed by atoms with van der Waals surface area (Å²) in [5, 5.41) is 2.66. The Morgan fingerprint density at radius 2 is 1.59 bits per heavy atom. The SMILES string of the molecule is CNC(=O)C(CCC=O)N(C)Cc1cc(N2CCN(c3ccc(C=O)cc3)CC2)ccc1C=O. The molecular weight excluding hydrogens is 432 g/mol. The number of piperazine rings is 1. The molecule has 0 bridgehead atoms. The van der Waals surface area contributed by atoms with E-state index in [1.807, 2.05) is 54.4 Å². The molecule has 1 fully saturated rings. The number of nitrogens with zero attached hydrogens (tertiary/aromatic N) is 3. The maximum Gasteiger partial charge on any atom is 0.237 e. The molecule has 34 heavy (non-hydrogen) atoms. The Bertz CT molecular complexity index is 1000. The molecule has 0 aromatic heterocycles. The number of hydrogen-bond acceptors (Lipinski definition) is 7. The fourth-order valence-electron chi connectivity index (χ4n) is 4.35. The van der Waals surface area contributed by atoms with E-state index in [0.717, 1.165) is 62.0 Å². The average molecular weight is 465 g/mol. The first kappa shape index (κ1) is 25.1. The number of benzene rings is 2. The summed E-state index contributed by atoms with van der Waals surface area (Å²) in [4.78, 5) is 52.2. The Balaban J connectivity index is 1.70. The summed E-state index contributed by atoms with van der Waals surface area (Å²) < 4.78 is 0. The lowest BCUT2D eigenvalue weighted by molar-refractivity contribution is -0.126. The molecule has 1 aliphatic heterocycles. The van der Waals surface area contributed by atoms with E-state index in [1.165, 1.54) is 0 Å². The molecule has 0 aliphatic carbocycles. The third-order valence-corrected chi connectivity index (χ3v) is 6.35. The summed E-state index contributed by atoms with van der Waals surface area (Å²) in [5.74, 6) is -0.148. The molecule has 0 radical (unpaired) electrons. The van der Waals surface area contributed by atoms with Crippen LogP contribution in [-0.4, -0.2) is 76.0 Å². The number of rotatable bonds is 11. The van der Waals surface area contributed by atoms with Gasteiger partial charge < -0.3 is 19.9 Å². The second-order valence-corrected chi connectivity index (χ2v) is 8.47. The van der Waals surface area contributed by atoms with Crippen LogP contribution >= 0.6 is 0 Å². The fourth-order valence-corrected chi connectivity index (χ4v) is 4.35. The molecule has 1 unspecified atom stereocenters. The number of nitrogens with one attached hydrogen (secondary N) is 1. The van der Waals surface area contributed by atoms with E-state index in [4.69, 9.17) is 0 Å². The van der Waals surface area contributed by atoms with Crippen molar-refractivity contribution < 1.29 is 19.2 Å². The lowest BCUT2D eigenvalue weighted by Crippen LogP contribution is -2.46. The minimum Gasteiger partial charge on any atom is -0.368 e. The van der Waals surface area contributed by atoms with Crippen LogP contribution in [0.5, 0.6) is 0 Å². The second-order valence-electron chi connectivity index (χ2n) is 8.47. The Kier molecular flexibility index (Phi) is 8.93. The van der Waals surface area contributed by atoms with E-state index in [1.54, 1.807) is 7.05 Å². The Labute approximate surface area is 200 Å². The van der Waals surface area contributed by atoms with Crippen molar-refractivity contribution in [1.82, 2.24) is 10.2 Å². The van der Waals surface area contributed by atoms with Crippen LogP contribution in [0.25, 0.3) is 0 Å². The van der Waals surface area contributed by atoms with Crippen LogP contribution in [0.3, 0.4) is 0 Å². The van der Waals surface area contributed by atoms with E-state index >= 15 is 0 Å². The van der Waals surface area contributed by atoms with Crippen molar-refractivity contribution in [3.63, 3.8) is 0 Å². The van der Waals surface area contributed by atoms with Crippen molar-refractivity contribution in [2.24, 2.45) is 0 Å². The molecule has 3 rings (SSSR count). The zero-order valence-electron chi connectivity index (χ0n) is 19.8. The molecule has 1 aliphatic rings. The van der Waals surface area contributed by atoms with Crippen LogP contribution < -0.4 is 15.1 Å². The van der Waals surface area contributed by atoms with Gasteiger partial charge in [0.05, 0.1) is 6.04 Å². The number of carbonyl (C=O) groups excluding carboxylic acids is 4. The first-order valence-corrected chi connectivity index (χ1v) is 11.5. The van der Waals surface area contributed by atoms with E-state index in [0.29, 0.717) is 30.5 Å². The van der Waals surface area contributed by atoms with Gasteiger partial charge in [-0.2, -0.15) is 0 Å². The highest BCUT2D eigenvalue weighted by Crippen LogP contribution is 2.24. The van der Waals surface area contributed by atoms with Crippen LogP contribution in [0.2, 0.25) is 0 Å². The lowest BCUT2D eigenvalue weighted by Gasteiger charge is -2.37. The zero-order chi connectivity index (χ0) is 24.5. The van der Waals surface area contributed by atoms with Crippen molar-refractivity contribution in [1.29, 1.82) is 0 Å². The van der Waals surface area contributed by atoms with E-state index in [9.17, 15) is 19.2 Å². The van der Waals surface area contributed by atoms with Crippen molar-refractivity contribution >= 4 is 36.1 Å². The maximum atomic E-state index is 12.3. The summed E-state index contributed by atoms with van der Waals surface area (Å²) in [6, 6.07) is 13.0. The largest absolute Gasteiger partial charge is 0.368 e. The molecule has 0 saturated carbocycles. The number of likely N-dealkylation sites (N-methyl/N-ethyl adjacent to an activating group) is 2. The Hall–Kier alpha value is -3.52. The normalized spacial score (nSPS) is 14.6. The number of aldehydes is 3. The highest BCUT2D eigenvalue weighted by atomic mass is 16.2. The van der Waals surface area contributed by atoms with Gasteiger partial charge in [-0.1, -0.05) is 0 Å². The smallest absolute Gasteiger partial charge is 0.237 e. The van der Waals surface area contributed by atoms with Crippen LogP contribution in [0, 0.1) is 0 Å². The highest BCUT2D eigenvalue weighted by Gasteiger charge is 2.23. The standard InChI is InChI=1S/C26H32N4O4/c1-27-26(34)25(4-3-15-31)28(2)17-22-16-24(10-7-21(22)19-33)30-13-11-29(12-14-30)23-8-5-20(18-32)6-9-23/h5-10,15-16,18-19,25H,3-4,11-14,17H2,1-2H3,(H,27,34). The minimum absolute atomic E-state index is 0.148. The van der Waals surface area contributed by atoms with Gasteiger partial charge in [0.2, 0.25) is 5.91 Å². The quantitative estimate of drug-likeness (QED) is 0.510. The number of hydrogen-bond donors (Lipinski definition) is 1. The topological polar surface area (TPSA) is 90.0 Å². The first-order chi connectivity index (χ1) is 16.5. The van der Waals surface area contributed by atoms with Gasteiger partial charge in [0.1, 0.15) is 18.9 Å². The molecule has 180 valence electrons. The van der Waals surface area contributed by atoms with Crippen LogP contribution in [0.15, 0.2) is 42.5 Å². The summed E-state index contributed by atoms with van der Waals surface area (Å²) >= 11 is 0. The zero-order valence-corrected chi connectivity index (χ0v) is 19.8.